The Morgan fingerprint density at radius 2 is 1.89 bits per heavy atom. The normalized spacial score (nSPS) is 10.2. The Bertz CT molecular complexity index is 598. The van der Waals surface area contributed by atoms with Gasteiger partial charge < -0.3 is 14.8 Å². The van der Waals surface area contributed by atoms with E-state index in [1.54, 1.807) is 25.1 Å². The zero-order valence-corrected chi connectivity index (χ0v) is 10.3. The summed E-state index contributed by atoms with van der Waals surface area (Å²) in [5, 5.41) is 11.5. The highest BCUT2D eigenvalue weighted by atomic mass is 16.4. The van der Waals surface area contributed by atoms with E-state index < -0.39 is 5.97 Å². The molecule has 0 fully saturated rings. The fourth-order valence-corrected chi connectivity index (χ4v) is 1.63. The average Bonchev–Trinajstić information content (AvgIpc) is 2.83. The van der Waals surface area contributed by atoms with Crippen LogP contribution in [0.15, 0.2) is 41.0 Å². The van der Waals surface area contributed by atoms with Crippen molar-refractivity contribution in [1.29, 1.82) is 0 Å². The number of carbonyl (C=O) groups is 2. The number of hydrogen-bond acceptors (Lipinski definition) is 3. The van der Waals surface area contributed by atoms with Crippen LogP contribution in [0.4, 0.5) is 0 Å². The van der Waals surface area contributed by atoms with Gasteiger partial charge in [-0.05, 0) is 30.7 Å². The number of hydrogen-bond donors (Lipinski definition) is 2. The smallest absolute Gasteiger partial charge is 0.335 e. The van der Waals surface area contributed by atoms with Gasteiger partial charge >= 0.3 is 5.97 Å². The lowest BCUT2D eigenvalue weighted by Gasteiger charge is -2.04. The molecule has 0 saturated heterocycles. The third-order valence-electron chi connectivity index (χ3n) is 2.72. The van der Waals surface area contributed by atoms with E-state index >= 15 is 0 Å². The number of aromatic carboxylic acids is 1. The Balaban J connectivity index is 1.97. The quantitative estimate of drug-likeness (QED) is 0.882. The van der Waals surface area contributed by atoms with Crippen molar-refractivity contribution >= 4 is 11.9 Å². The Morgan fingerprint density at radius 1 is 1.21 bits per heavy atom. The minimum absolute atomic E-state index is 0.219. The van der Waals surface area contributed by atoms with Crippen LogP contribution in [0.5, 0.6) is 0 Å². The van der Waals surface area contributed by atoms with Gasteiger partial charge in [0.15, 0.2) is 5.76 Å². The minimum atomic E-state index is -0.971. The third kappa shape index (κ3) is 3.01. The monoisotopic (exact) mass is 259 g/mol. The Morgan fingerprint density at radius 3 is 2.42 bits per heavy atom. The number of carbonyl (C=O) groups excluding carboxylic acids is 1. The van der Waals surface area contributed by atoms with E-state index in [-0.39, 0.29) is 11.5 Å². The maximum Gasteiger partial charge on any atom is 0.335 e. The summed E-state index contributed by atoms with van der Waals surface area (Å²) in [6, 6.07) is 8.05. The first-order valence-corrected chi connectivity index (χ1v) is 5.72. The number of furan rings is 1. The van der Waals surface area contributed by atoms with E-state index in [0.29, 0.717) is 12.3 Å². The van der Waals surface area contributed by atoms with Crippen LogP contribution in [0.25, 0.3) is 0 Å². The lowest BCUT2D eigenvalue weighted by Crippen LogP contribution is -2.22. The maximum atomic E-state index is 11.8. The highest BCUT2D eigenvalue weighted by Crippen LogP contribution is 2.09. The van der Waals surface area contributed by atoms with E-state index in [1.807, 2.05) is 0 Å². The molecule has 5 heteroatoms. The summed E-state index contributed by atoms with van der Waals surface area (Å²) in [6.07, 6.45) is 1.46. The van der Waals surface area contributed by atoms with Crippen molar-refractivity contribution in [2.45, 2.75) is 13.5 Å². The molecule has 1 aromatic heterocycles. The molecule has 0 bridgehead atoms. The summed E-state index contributed by atoms with van der Waals surface area (Å²) < 4.78 is 5.08. The van der Waals surface area contributed by atoms with Crippen molar-refractivity contribution in [3.8, 4) is 0 Å². The SMILES string of the molecule is Cc1ccoc1C(=O)NCc1ccc(C(=O)O)cc1. The molecule has 1 aromatic carbocycles. The molecule has 2 rings (SSSR count). The van der Waals surface area contributed by atoms with Gasteiger partial charge in [0, 0.05) is 12.1 Å². The van der Waals surface area contributed by atoms with Gasteiger partial charge in [-0.2, -0.15) is 0 Å². The number of benzene rings is 1. The van der Waals surface area contributed by atoms with Gasteiger partial charge in [0.05, 0.1) is 11.8 Å². The molecule has 98 valence electrons. The molecule has 19 heavy (non-hydrogen) atoms. The highest BCUT2D eigenvalue weighted by Gasteiger charge is 2.11. The van der Waals surface area contributed by atoms with E-state index in [2.05, 4.69) is 5.32 Å². The Labute approximate surface area is 109 Å². The van der Waals surface area contributed by atoms with Crippen LogP contribution in [0.2, 0.25) is 0 Å². The van der Waals surface area contributed by atoms with Crippen molar-refractivity contribution in [3.63, 3.8) is 0 Å². The van der Waals surface area contributed by atoms with Crippen LogP contribution in [0, 0.1) is 6.92 Å². The molecular weight excluding hydrogens is 246 g/mol. The van der Waals surface area contributed by atoms with Crippen LogP contribution < -0.4 is 5.32 Å². The zero-order valence-electron chi connectivity index (χ0n) is 10.3. The lowest BCUT2D eigenvalue weighted by atomic mass is 10.1. The summed E-state index contributed by atoms with van der Waals surface area (Å²) in [6.45, 7) is 2.11. The molecule has 0 spiro atoms. The molecule has 0 aliphatic heterocycles. The third-order valence-corrected chi connectivity index (χ3v) is 2.72. The Hall–Kier alpha value is -2.56. The van der Waals surface area contributed by atoms with Gasteiger partial charge in [0.1, 0.15) is 0 Å². The fraction of sp³-hybridized carbons (Fsp3) is 0.143. The largest absolute Gasteiger partial charge is 0.478 e. The summed E-state index contributed by atoms with van der Waals surface area (Å²) in [4.78, 5) is 22.5. The maximum absolute atomic E-state index is 11.8. The molecule has 1 amide bonds. The van der Waals surface area contributed by atoms with Gasteiger partial charge in [-0.3, -0.25) is 4.79 Å². The van der Waals surface area contributed by atoms with E-state index in [1.165, 1.54) is 18.4 Å². The first-order chi connectivity index (χ1) is 9.08. The molecule has 0 atom stereocenters. The van der Waals surface area contributed by atoms with E-state index in [9.17, 15) is 9.59 Å². The second-order valence-electron chi connectivity index (χ2n) is 4.12. The molecule has 2 N–H and O–H groups in total. The molecule has 0 unspecified atom stereocenters. The van der Waals surface area contributed by atoms with Crippen molar-refractivity contribution in [2.75, 3.05) is 0 Å². The number of amides is 1. The second kappa shape index (κ2) is 5.39. The standard InChI is InChI=1S/C14H13NO4/c1-9-6-7-19-12(9)13(16)15-8-10-2-4-11(5-3-10)14(17)18/h2-7H,8H2,1H3,(H,15,16)(H,17,18). The van der Waals surface area contributed by atoms with Crippen LogP contribution in [-0.4, -0.2) is 17.0 Å². The van der Waals surface area contributed by atoms with Crippen LogP contribution in [0.1, 0.15) is 32.0 Å². The molecule has 0 aliphatic carbocycles. The molecule has 2 aromatic rings. The van der Waals surface area contributed by atoms with Gasteiger partial charge in [-0.1, -0.05) is 12.1 Å². The summed E-state index contributed by atoms with van der Waals surface area (Å²) in [5.41, 5.74) is 1.82. The molecular formula is C14H13NO4. The van der Waals surface area contributed by atoms with Crippen molar-refractivity contribution in [1.82, 2.24) is 5.32 Å². The van der Waals surface area contributed by atoms with E-state index in [0.717, 1.165) is 11.1 Å². The van der Waals surface area contributed by atoms with Crippen molar-refractivity contribution in [2.24, 2.45) is 0 Å². The van der Waals surface area contributed by atoms with Gasteiger partial charge in [0.25, 0.3) is 5.91 Å². The predicted octanol–water partition coefficient (Wildman–Crippen LogP) is 2.22. The lowest BCUT2D eigenvalue weighted by molar-refractivity contribution is 0.0696. The Kier molecular flexibility index (Phi) is 3.66. The molecule has 0 saturated carbocycles. The van der Waals surface area contributed by atoms with Crippen LogP contribution in [0.3, 0.4) is 0 Å². The van der Waals surface area contributed by atoms with Crippen molar-refractivity contribution < 1.29 is 19.1 Å². The fourth-order valence-electron chi connectivity index (χ4n) is 1.63. The number of rotatable bonds is 4. The van der Waals surface area contributed by atoms with Crippen molar-refractivity contribution in [3.05, 3.63) is 59.0 Å². The van der Waals surface area contributed by atoms with Crippen LogP contribution in [-0.2, 0) is 6.54 Å². The molecule has 0 aliphatic rings. The molecule has 0 radical (unpaired) electrons. The number of carboxylic acids is 1. The predicted molar refractivity (Wildman–Crippen MR) is 68.0 cm³/mol. The topological polar surface area (TPSA) is 79.5 Å². The second-order valence-corrected chi connectivity index (χ2v) is 4.12. The summed E-state index contributed by atoms with van der Waals surface area (Å²) in [7, 11) is 0. The first kappa shape index (κ1) is 12.9. The summed E-state index contributed by atoms with van der Waals surface area (Å²) >= 11 is 0. The van der Waals surface area contributed by atoms with Gasteiger partial charge in [0.2, 0.25) is 0 Å². The molecule has 5 nitrogen and oxygen atoms in total. The van der Waals surface area contributed by atoms with Gasteiger partial charge in [-0.15, -0.1) is 0 Å². The first-order valence-electron chi connectivity index (χ1n) is 5.72. The van der Waals surface area contributed by atoms with Gasteiger partial charge in [-0.25, -0.2) is 4.79 Å². The number of nitrogens with one attached hydrogen (secondary N) is 1. The number of carboxylic acid groups (broad SMARTS) is 1. The summed E-state index contributed by atoms with van der Waals surface area (Å²) in [5.74, 6) is -0.964. The minimum Gasteiger partial charge on any atom is -0.478 e. The highest BCUT2D eigenvalue weighted by molar-refractivity contribution is 5.92. The zero-order chi connectivity index (χ0) is 13.8. The van der Waals surface area contributed by atoms with E-state index in [4.69, 9.17) is 9.52 Å². The van der Waals surface area contributed by atoms with Crippen LogP contribution >= 0.6 is 0 Å². The number of aryl methyl sites for hydroxylation is 1. The average molecular weight is 259 g/mol. The molecule has 1 heterocycles.